The Labute approximate surface area is 263 Å². The van der Waals surface area contributed by atoms with Gasteiger partial charge in [-0.05, 0) is 38.0 Å². The van der Waals surface area contributed by atoms with Crippen LogP contribution < -0.4 is 0 Å². The van der Waals surface area contributed by atoms with E-state index in [9.17, 15) is 9.59 Å². The Hall–Kier alpha value is -1.06. The van der Waals surface area contributed by atoms with Crippen molar-refractivity contribution in [1.82, 2.24) is 0 Å². The monoisotopic (exact) mass is 595 g/mol. The predicted molar refractivity (Wildman–Crippen MR) is 181 cm³/mol. The quantitative estimate of drug-likeness (QED) is 0.0560. The number of rotatable bonds is 33. The van der Waals surface area contributed by atoms with Crippen molar-refractivity contribution >= 4 is 11.9 Å². The minimum atomic E-state index is 0.00135. The first-order valence-electron chi connectivity index (χ1n) is 18.9. The first kappa shape index (κ1) is 40.9. The molecule has 0 saturated heterocycles. The molecule has 0 spiro atoms. The Morgan fingerprint density at radius 1 is 0.452 bits per heavy atom. The van der Waals surface area contributed by atoms with Crippen LogP contribution in [0.15, 0.2) is 0 Å². The van der Waals surface area contributed by atoms with Gasteiger partial charge in [0.15, 0.2) is 0 Å². The van der Waals surface area contributed by atoms with Gasteiger partial charge in [0.05, 0.1) is 19.1 Å². The van der Waals surface area contributed by atoms with E-state index in [1.165, 1.54) is 135 Å². The first-order chi connectivity index (χ1) is 20.6. The molecule has 0 saturated carbocycles. The maximum Gasteiger partial charge on any atom is 0.309 e. The molecule has 0 N–H and O–H groups in total. The smallest absolute Gasteiger partial charge is 0.309 e. The molecule has 0 radical (unpaired) electrons. The molecule has 250 valence electrons. The van der Waals surface area contributed by atoms with E-state index in [1.54, 1.807) is 0 Å². The van der Waals surface area contributed by atoms with Crippen LogP contribution in [0.25, 0.3) is 0 Å². The zero-order valence-corrected chi connectivity index (χ0v) is 29.0. The molecule has 42 heavy (non-hydrogen) atoms. The van der Waals surface area contributed by atoms with Crippen LogP contribution in [0, 0.1) is 11.8 Å². The third-order valence-corrected chi connectivity index (χ3v) is 9.04. The number of hydrogen-bond donors (Lipinski definition) is 0. The van der Waals surface area contributed by atoms with Crippen molar-refractivity contribution in [2.24, 2.45) is 11.8 Å². The van der Waals surface area contributed by atoms with Gasteiger partial charge in [-0.2, -0.15) is 0 Å². The molecule has 2 atom stereocenters. The summed E-state index contributed by atoms with van der Waals surface area (Å²) in [6, 6.07) is 0. The van der Waals surface area contributed by atoms with Crippen LogP contribution >= 0.6 is 0 Å². The van der Waals surface area contributed by atoms with Crippen molar-refractivity contribution in [2.45, 2.75) is 207 Å². The first-order valence-corrected chi connectivity index (χ1v) is 18.9. The lowest BCUT2D eigenvalue weighted by molar-refractivity contribution is -0.151. The summed E-state index contributed by atoms with van der Waals surface area (Å²) in [5.41, 5.74) is 0. The van der Waals surface area contributed by atoms with Gasteiger partial charge in [-0.3, -0.25) is 9.59 Å². The van der Waals surface area contributed by atoms with Crippen LogP contribution in [0.2, 0.25) is 0 Å². The summed E-state index contributed by atoms with van der Waals surface area (Å²) in [5, 5.41) is 0. The van der Waals surface area contributed by atoms with Gasteiger partial charge in [-0.25, -0.2) is 0 Å². The SMILES string of the molecule is CCCCCCCOC(=O)CCCCCCCCCCCCCCCCC(CC)C(CC)C(=O)OCCCCCCC. The minimum Gasteiger partial charge on any atom is -0.466 e. The fourth-order valence-electron chi connectivity index (χ4n) is 6.13. The van der Waals surface area contributed by atoms with E-state index in [2.05, 4.69) is 27.7 Å². The van der Waals surface area contributed by atoms with E-state index in [1.807, 2.05) is 0 Å². The highest BCUT2D eigenvalue weighted by Crippen LogP contribution is 2.27. The molecule has 0 amide bonds. The second-order valence-corrected chi connectivity index (χ2v) is 12.9. The van der Waals surface area contributed by atoms with Crippen molar-refractivity contribution in [3.8, 4) is 0 Å². The molecule has 0 aromatic heterocycles. The summed E-state index contributed by atoms with van der Waals surface area (Å²) < 4.78 is 11.0. The van der Waals surface area contributed by atoms with Crippen molar-refractivity contribution in [2.75, 3.05) is 13.2 Å². The lowest BCUT2D eigenvalue weighted by Gasteiger charge is -2.23. The van der Waals surface area contributed by atoms with E-state index in [0.29, 0.717) is 25.6 Å². The van der Waals surface area contributed by atoms with Gasteiger partial charge in [0.2, 0.25) is 0 Å². The molecule has 0 aliphatic rings. The van der Waals surface area contributed by atoms with Crippen molar-refractivity contribution in [3.05, 3.63) is 0 Å². The van der Waals surface area contributed by atoms with Gasteiger partial charge in [0.25, 0.3) is 0 Å². The molecule has 0 aliphatic heterocycles. The van der Waals surface area contributed by atoms with Crippen molar-refractivity contribution in [3.63, 3.8) is 0 Å². The topological polar surface area (TPSA) is 52.6 Å². The van der Waals surface area contributed by atoms with Crippen LogP contribution in [0.4, 0.5) is 0 Å². The average molecular weight is 595 g/mol. The molecule has 0 bridgehead atoms. The molecule has 0 aliphatic carbocycles. The number of hydrogen-bond acceptors (Lipinski definition) is 4. The van der Waals surface area contributed by atoms with E-state index >= 15 is 0 Å². The predicted octanol–water partition coefficient (Wildman–Crippen LogP) is 12.3. The van der Waals surface area contributed by atoms with Gasteiger partial charge in [0, 0.05) is 6.42 Å². The maximum atomic E-state index is 12.7. The van der Waals surface area contributed by atoms with Gasteiger partial charge < -0.3 is 9.47 Å². The summed E-state index contributed by atoms with van der Waals surface area (Å²) in [7, 11) is 0. The molecular formula is C38H74O4. The number of carbonyl (C=O) groups is 2. The van der Waals surface area contributed by atoms with Crippen LogP contribution in [0.1, 0.15) is 207 Å². The fourth-order valence-corrected chi connectivity index (χ4v) is 6.13. The third-order valence-electron chi connectivity index (χ3n) is 9.04. The summed E-state index contributed by atoms with van der Waals surface area (Å²) in [6.07, 6.45) is 33.9. The normalized spacial score (nSPS) is 12.8. The largest absolute Gasteiger partial charge is 0.466 e. The summed E-state index contributed by atoms with van der Waals surface area (Å²) in [6.45, 7) is 10.0. The highest BCUT2D eigenvalue weighted by molar-refractivity contribution is 5.72. The molecule has 0 heterocycles. The summed E-state index contributed by atoms with van der Waals surface area (Å²) in [4.78, 5) is 24.5. The molecule has 0 aromatic rings. The van der Waals surface area contributed by atoms with Crippen molar-refractivity contribution in [1.29, 1.82) is 0 Å². The Kier molecular flexibility index (Phi) is 32.0. The number of unbranched alkanes of at least 4 members (excludes halogenated alkanes) is 21. The van der Waals surface area contributed by atoms with E-state index in [-0.39, 0.29) is 17.9 Å². The van der Waals surface area contributed by atoms with Gasteiger partial charge in [-0.15, -0.1) is 0 Å². The highest BCUT2D eigenvalue weighted by Gasteiger charge is 2.26. The second-order valence-electron chi connectivity index (χ2n) is 12.9. The second kappa shape index (κ2) is 32.8. The average Bonchev–Trinajstić information content (AvgIpc) is 2.99. The van der Waals surface area contributed by atoms with Gasteiger partial charge in [0.1, 0.15) is 0 Å². The summed E-state index contributed by atoms with van der Waals surface area (Å²) in [5.74, 6) is 0.625. The number of esters is 2. The minimum absolute atomic E-state index is 0.00135. The lowest BCUT2D eigenvalue weighted by atomic mass is 9.84. The molecule has 0 aromatic carbocycles. The van der Waals surface area contributed by atoms with Crippen LogP contribution in [-0.4, -0.2) is 25.2 Å². The van der Waals surface area contributed by atoms with Crippen LogP contribution in [-0.2, 0) is 19.1 Å². The van der Waals surface area contributed by atoms with Gasteiger partial charge >= 0.3 is 11.9 Å². The summed E-state index contributed by atoms with van der Waals surface area (Å²) >= 11 is 0. The van der Waals surface area contributed by atoms with E-state index in [4.69, 9.17) is 9.47 Å². The zero-order chi connectivity index (χ0) is 30.9. The molecule has 4 nitrogen and oxygen atoms in total. The molecule has 4 heteroatoms. The maximum absolute atomic E-state index is 12.7. The Balaban J connectivity index is 3.55. The van der Waals surface area contributed by atoms with Crippen LogP contribution in [0.3, 0.4) is 0 Å². The number of carbonyl (C=O) groups excluding carboxylic acids is 2. The fraction of sp³-hybridized carbons (Fsp3) is 0.947. The molecule has 2 unspecified atom stereocenters. The Morgan fingerprint density at radius 2 is 0.857 bits per heavy atom. The zero-order valence-electron chi connectivity index (χ0n) is 29.0. The molecule has 0 rings (SSSR count). The Bertz CT molecular complexity index is 575. The Morgan fingerprint density at radius 3 is 1.31 bits per heavy atom. The lowest BCUT2D eigenvalue weighted by Crippen LogP contribution is -2.25. The molecular weight excluding hydrogens is 520 g/mol. The standard InChI is InChI=1S/C38H74O4/c1-5-9-11-25-29-33-41-37(39)32-28-24-22-20-18-16-14-13-15-17-19-21-23-27-31-35(7-3)36(8-4)38(40)42-34-30-26-12-10-6-2/h35-36H,5-34H2,1-4H3. The van der Waals surface area contributed by atoms with E-state index < -0.39 is 0 Å². The molecule has 0 fully saturated rings. The third kappa shape index (κ3) is 26.6. The number of ether oxygens (including phenoxy) is 2. The van der Waals surface area contributed by atoms with Crippen molar-refractivity contribution < 1.29 is 19.1 Å². The van der Waals surface area contributed by atoms with E-state index in [0.717, 1.165) is 38.5 Å². The van der Waals surface area contributed by atoms with Crippen LogP contribution in [0.5, 0.6) is 0 Å². The van der Waals surface area contributed by atoms with Gasteiger partial charge in [-0.1, -0.05) is 169 Å². The highest BCUT2D eigenvalue weighted by atomic mass is 16.5.